The zero-order valence-corrected chi connectivity index (χ0v) is 21.0. The molecule has 12 heteroatoms. The molecule has 4 rings (SSSR count). The van der Waals surface area contributed by atoms with Crippen molar-refractivity contribution < 1.29 is 37.6 Å². The summed E-state index contributed by atoms with van der Waals surface area (Å²) in [5, 5.41) is 12.0. The minimum absolute atomic E-state index is 0.0298. The summed E-state index contributed by atoms with van der Waals surface area (Å²) >= 11 is 0. The molecule has 1 fully saturated rings. The first-order valence-electron chi connectivity index (χ1n) is 12.0. The number of H-pyrrole nitrogens is 1. The first kappa shape index (κ1) is 27.4. The minimum Gasteiger partial charge on any atom is -0.494 e. The molecule has 38 heavy (non-hydrogen) atoms. The molecule has 0 radical (unpaired) electrons. The van der Waals surface area contributed by atoms with Crippen LogP contribution in [0, 0.1) is 11.6 Å². The van der Waals surface area contributed by atoms with E-state index in [2.05, 4.69) is 15.3 Å². The maximum Gasteiger partial charge on any atom is 0.287 e. The fourth-order valence-corrected chi connectivity index (χ4v) is 4.23. The number of rotatable bonds is 10. The number of nitrogens with zero attached hydrogens (tertiary/aromatic N) is 1. The van der Waals surface area contributed by atoms with Gasteiger partial charge in [-0.15, -0.1) is 0 Å². The van der Waals surface area contributed by atoms with Gasteiger partial charge in [0.05, 0.1) is 38.6 Å². The second-order valence-electron chi connectivity index (χ2n) is 8.99. The minimum atomic E-state index is -0.740. The number of halogens is 2. The number of hydrogen-bond donors (Lipinski definition) is 3. The molecule has 0 aliphatic carbocycles. The van der Waals surface area contributed by atoms with Gasteiger partial charge in [0.25, 0.3) is 11.5 Å². The highest BCUT2D eigenvalue weighted by atomic mass is 19.1. The fourth-order valence-electron chi connectivity index (χ4n) is 4.23. The van der Waals surface area contributed by atoms with Gasteiger partial charge in [-0.1, -0.05) is 6.07 Å². The van der Waals surface area contributed by atoms with E-state index in [-0.39, 0.29) is 60.7 Å². The number of aliphatic hydroxyl groups excluding tert-OH is 1. The SMILES string of the molecule is COc1cc(CNC(=O)c2nc3ccc(F)c(OCCC4CCC(CO)(OC)CO4)c3c(=O)[nH]2)ccc1F. The number of carbonyl (C=O) groups is 1. The summed E-state index contributed by atoms with van der Waals surface area (Å²) in [5.74, 6) is -2.45. The average molecular weight is 534 g/mol. The van der Waals surface area contributed by atoms with Crippen LogP contribution in [0.15, 0.2) is 35.1 Å². The van der Waals surface area contributed by atoms with Crippen molar-refractivity contribution in [1.29, 1.82) is 0 Å². The van der Waals surface area contributed by atoms with Gasteiger partial charge in [0, 0.05) is 20.1 Å². The summed E-state index contributed by atoms with van der Waals surface area (Å²) in [6.07, 6.45) is 1.49. The second kappa shape index (κ2) is 11.8. The number of benzene rings is 2. The van der Waals surface area contributed by atoms with Crippen molar-refractivity contribution in [1.82, 2.24) is 15.3 Å². The average Bonchev–Trinajstić information content (AvgIpc) is 2.94. The van der Waals surface area contributed by atoms with Crippen LogP contribution >= 0.6 is 0 Å². The van der Waals surface area contributed by atoms with Crippen molar-refractivity contribution in [2.75, 3.05) is 34.0 Å². The summed E-state index contributed by atoms with van der Waals surface area (Å²) in [4.78, 5) is 32.0. The summed E-state index contributed by atoms with van der Waals surface area (Å²) < 4.78 is 49.9. The van der Waals surface area contributed by atoms with Crippen molar-refractivity contribution >= 4 is 16.8 Å². The number of ether oxygens (including phenoxy) is 4. The maximum absolute atomic E-state index is 14.6. The first-order chi connectivity index (χ1) is 18.3. The molecular formula is C26H29F2N3O7. The molecule has 3 N–H and O–H groups in total. The molecule has 204 valence electrons. The van der Waals surface area contributed by atoms with E-state index in [0.717, 1.165) is 6.07 Å². The van der Waals surface area contributed by atoms with Crippen LogP contribution in [0.2, 0.25) is 0 Å². The van der Waals surface area contributed by atoms with Gasteiger partial charge in [-0.25, -0.2) is 13.8 Å². The molecule has 10 nitrogen and oxygen atoms in total. The third kappa shape index (κ3) is 5.93. The lowest BCUT2D eigenvalue weighted by Gasteiger charge is -2.37. The Balaban J connectivity index is 1.43. The Bertz CT molecular complexity index is 1350. The number of aromatic nitrogens is 2. The Morgan fingerprint density at radius 3 is 2.74 bits per heavy atom. The smallest absolute Gasteiger partial charge is 0.287 e. The zero-order valence-electron chi connectivity index (χ0n) is 21.0. The normalized spacial score (nSPS) is 19.3. The number of aromatic amines is 1. The van der Waals surface area contributed by atoms with Gasteiger partial charge in [-0.05, 0) is 42.7 Å². The van der Waals surface area contributed by atoms with Gasteiger partial charge in [0.1, 0.15) is 11.0 Å². The summed E-state index contributed by atoms with van der Waals surface area (Å²) in [6, 6.07) is 6.55. The number of methoxy groups -OCH3 is 2. The highest BCUT2D eigenvalue weighted by Crippen LogP contribution is 2.29. The number of amides is 1. The molecule has 2 heterocycles. The van der Waals surface area contributed by atoms with Crippen LogP contribution in [0.4, 0.5) is 8.78 Å². The largest absolute Gasteiger partial charge is 0.494 e. The monoisotopic (exact) mass is 533 g/mol. The highest BCUT2D eigenvalue weighted by molar-refractivity contribution is 5.93. The third-order valence-electron chi connectivity index (χ3n) is 6.57. The molecule has 0 bridgehead atoms. The van der Waals surface area contributed by atoms with Gasteiger partial charge < -0.3 is 34.4 Å². The number of aliphatic hydroxyl groups is 1. The molecule has 1 aromatic heterocycles. The molecule has 1 aliphatic heterocycles. The standard InChI is InChI=1S/C26H29F2N3O7/c1-35-20-11-15(3-4-17(20)27)12-29-25(34)23-30-19-6-5-18(28)22(21(19)24(33)31-23)37-10-8-16-7-9-26(13-32,36-2)14-38-16/h3-6,11,16,32H,7-10,12-14H2,1-2H3,(H,29,34)(H,30,31,33). The van der Waals surface area contributed by atoms with Crippen LogP contribution in [0.25, 0.3) is 10.9 Å². The van der Waals surface area contributed by atoms with E-state index in [9.17, 15) is 23.5 Å². The van der Waals surface area contributed by atoms with E-state index >= 15 is 0 Å². The van der Waals surface area contributed by atoms with Crippen molar-refractivity contribution in [3.63, 3.8) is 0 Å². The molecule has 2 unspecified atom stereocenters. The molecular weight excluding hydrogens is 504 g/mol. The van der Waals surface area contributed by atoms with E-state index in [1.165, 1.54) is 38.5 Å². The van der Waals surface area contributed by atoms with Gasteiger partial charge in [-0.3, -0.25) is 9.59 Å². The number of hydrogen-bond acceptors (Lipinski definition) is 8. The molecule has 3 aromatic rings. The quantitative estimate of drug-likeness (QED) is 0.362. The van der Waals surface area contributed by atoms with Crippen molar-refractivity contribution in [2.24, 2.45) is 0 Å². The van der Waals surface area contributed by atoms with Crippen LogP contribution in [-0.2, 0) is 16.0 Å². The predicted octanol–water partition coefficient (Wildman–Crippen LogP) is 2.47. The highest BCUT2D eigenvalue weighted by Gasteiger charge is 2.35. The molecule has 1 amide bonds. The van der Waals surface area contributed by atoms with Gasteiger partial charge in [0.15, 0.2) is 29.0 Å². The van der Waals surface area contributed by atoms with Crippen LogP contribution in [0.3, 0.4) is 0 Å². The Labute approximate surface area is 216 Å². The third-order valence-corrected chi connectivity index (χ3v) is 6.57. The molecule has 2 atom stereocenters. The van der Waals surface area contributed by atoms with Crippen molar-refractivity contribution in [2.45, 2.75) is 37.5 Å². The van der Waals surface area contributed by atoms with Crippen molar-refractivity contribution in [3.05, 3.63) is 63.7 Å². The number of nitrogens with one attached hydrogen (secondary N) is 2. The zero-order chi connectivity index (χ0) is 27.3. The lowest BCUT2D eigenvalue weighted by molar-refractivity contribution is -0.158. The van der Waals surface area contributed by atoms with Crippen LogP contribution in [0.1, 0.15) is 35.4 Å². The first-order valence-corrected chi connectivity index (χ1v) is 12.0. The van der Waals surface area contributed by atoms with Gasteiger partial charge >= 0.3 is 0 Å². The lowest BCUT2D eigenvalue weighted by Crippen LogP contribution is -2.46. The van der Waals surface area contributed by atoms with Crippen LogP contribution < -0.4 is 20.3 Å². The fraction of sp³-hybridized carbons (Fsp3) is 0.423. The van der Waals surface area contributed by atoms with E-state index in [1.54, 1.807) is 0 Å². The molecule has 0 saturated carbocycles. The molecule has 1 saturated heterocycles. The van der Waals surface area contributed by atoms with Gasteiger partial charge in [0.2, 0.25) is 0 Å². The molecule has 2 aromatic carbocycles. The molecule has 1 aliphatic rings. The maximum atomic E-state index is 14.6. The summed E-state index contributed by atoms with van der Waals surface area (Å²) in [6.45, 7) is 0.186. The Morgan fingerprint density at radius 2 is 2.05 bits per heavy atom. The van der Waals surface area contributed by atoms with Crippen molar-refractivity contribution in [3.8, 4) is 11.5 Å². The molecule has 0 spiro atoms. The van der Waals surface area contributed by atoms with E-state index in [4.69, 9.17) is 18.9 Å². The lowest BCUT2D eigenvalue weighted by atomic mass is 9.93. The Morgan fingerprint density at radius 1 is 1.26 bits per heavy atom. The van der Waals surface area contributed by atoms with Crippen LogP contribution in [0.5, 0.6) is 11.5 Å². The van der Waals surface area contributed by atoms with Crippen LogP contribution in [-0.4, -0.2) is 66.7 Å². The van der Waals surface area contributed by atoms with E-state index in [1.807, 2.05) is 0 Å². The van der Waals surface area contributed by atoms with E-state index < -0.39 is 28.7 Å². The van der Waals surface area contributed by atoms with E-state index in [0.29, 0.717) is 24.8 Å². The van der Waals surface area contributed by atoms with Gasteiger partial charge in [-0.2, -0.15) is 0 Å². The Kier molecular flexibility index (Phi) is 8.55. The Hall–Kier alpha value is -3.61. The second-order valence-corrected chi connectivity index (χ2v) is 8.99. The summed E-state index contributed by atoms with van der Waals surface area (Å²) in [7, 11) is 2.86. The number of carbonyl (C=O) groups excluding carboxylic acids is 1. The number of fused-ring (bicyclic) bond motifs is 1. The summed E-state index contributed by atoms with van der Waals surface area (Å²) in [5.41, 5.74) is -0.794. The topological polar surface area (TPSA) is 132 Å². The predicted molar refractivity (Wildman–Crippen MR) is 132 cm³/mol.